The lowest BCUT2D eigenvalue weighted by Gasteiger charge is -2.35. The maximum Gasteiger partial charge on any atom is 0.195 e. The van der Waals surface area contributed by atoms with E-state index in [1.54, 1.807) is 11.3 Å². The highest BCUT2D eigenvalue weighted by Gasteiger charge is 2.29. The predicted molar refractivity (Wildman–Crippen MR) is 87.1 cm³/mol. The summed E-state index contributed by atoms with van der Waals surface area (Å²) in [5.41, 5.74) is 1.19. The van der Waals surface area contributed by atoms with Crippen LogP contribution in [0.3, 0.4) is 0 Å². The van der Waals surface area contributed by atoms with Crippen LogP contribution >= 0.6 is 11.3 Å². The number of nitrogens with one attached hydrogen (secondary N) is 1. The van der Waals surface area contributed by atoms with Crippen LogP contribution in [0.1, 0.15) is 38.3 Å². The number of imidazole rings is 1. The Morgan fingerprint density at radius 2 is 2.29 bits per heavy atom. The number of anilines is 1. The molecular weight excluding hydrogens is 284 g/mol. The molecule has 5 nitrogen and oxygen atoms in total. The minimum atomic E-state index is -0.240. The van der Waals surface area contributed by atoms with Gasteiger partial charge in [0.1, 0.15) is 0 Å². The van der Waals surface area contributed by atoms with Crippen molar-refractivity contribution in [3.05, 3.63) is 17.3 Å². The van der Waals surface area contributed by atoms with Crippen LogP contribution in [0.25, 0.3) is 4.96 Å². The molecule has 1 aliphatic carbocycles. The predicted octanol–water partition coefficient (Wildman–Crippen LogP) is 2.25. The molecule has 0 spiro atoms. The van der Waals surface area contributed by atoms with Crippen molar-refractivity contribution in [3.63, 3.8) is 0 Å². The van der Waals surface area contributed by atoms with E-state index in [1.807, 2.05) is 0 Å². The molecule has 21 heavy (non-hydrogen) atoms. The van der Waals surface area contributed by atoms with Crippen LogP contribution in [0.5, 0.6) is 0 Å². The van der Waals surface area contributed by atoms with E-state index in [-0.39, 0.29) is 12.1 Å². The van der Waals surface area contributed by atoms with E-state index in [1.165, 1.54) is 12.1 Å². The van der Waals surface area contributed by atoms with Gasteiger partial charge in [0.25, 0.3) is 0 Å². The number of rotatable bonds is 5. The molecule has 2 unspecified atom stereocenters. The Kier molecular flexibility index (Phi) is 4.47. The second-order valence-corrected chi connectivity index (χ2v) is 6.62. The summed E-state index contributed by atoms with van der Waals surface area (Å²) in [6.45, 7) is 3.85. The monoisotopic (exact) mass is 308 g/mol. The van der Waals surface area contributed by atoms with E-state index in [0.29, 0.717) is 0 Å². The first-order chi connectivity index (χ1) is 10.2. The quantitative estimate of drug-likeness (QED) is 0.889. The third-order valence-electron chi connectivity index (χ3n) is 4.41. The van der Waals surface area contributed by atoms with Crippen LogP contribution in [0.2, 0.25) is 0 Å². The molecule has 2 aromatic heterocycles. The molecule has 2 aromatic rings. The van der Waals surface area contributed by atoms with Gasteiger partial charge in [0.15, 0.2) is 10.8 Å². The molecule has 0 amide bonds. The molecule has 1 fully saturated rings. The van der Waals surface area contributed by atoms with Gasteiger partial charge in [0.05, 0.1) is 17.8 Å². The molecule has 1 saturated carbocycles. The molecular formula is C15H24N4OS. The van der Waals surface area contributed by atoms with Gasteiger partial charge in [-0.3, -0.25) is 4.40 Å². The molecule has 116 valence electrons. The zero-order chi connectivity index (χ0) is 14.8. The van der Waals surface area contributed by atoms with Crippen LogP contribution in [0.15, 0.2) is 11.6 Å². The summed E-state index contributed by atoms with van der Waals surface area (Å²) in [6, 6.07) is 0.184. The van der Waals surface area contributed by atoms with Gasteiger partial charge in [-0.1, -0.05) is 19.8 Å². The average Bonchev–Trinajstić information content (AvgIpc) is 3.06. The van der Waals surface area contributed by atoms with Crippen molar-refractivity contribution in [1.29, 1.82) is 0 Å². The lowest BCUT2D eigenvalue weighted by molar-refractivity contribution is 0.106. The summed E-state index contributed by atoms with van der Waals surface area (Å²) in [7, 11) is 2.07. The first-order valence-corrected chi connectivity index (χ1v) is 8.66. The van der Waals surface area contributed by atoms with Crippen LogP contribution in [-0.4, -0.2) is 40.2 Å². The van der Waals surface area contributed by atoms with Gasteiger partial charge in [-0.25, -0.2) is 4.98 Å². The van der Waals surface area contributed by atoms with Gasteiger partial charge >= 0.3 is 0 Å². The van der Waals surface area contributed by atoms with E-state index < -0.39 is 0 Å². The van der Waals surface area contributed by atoms with E-state index in [9.17, 15) is 5.11 Å². The summed E-state index contributed by atoms with van der Waals surface area (Å²) in [6.07, 6.45) is 6.11. The van der Waals surface area contributed by atoms with Crippen LogP contribution in [-0.2, 0) is 6.54 Å². The number of aromatic nitrogens is 2. The molecule has 2 heterocycles. The zero-order valence-corrected chi connectivity index (χ0v) is 13.6. The van der Waals surface area contributed by atoms with Crippen molar-refractivity contribution in [2.24, 2.45) is 0 Å². The molecule has 3 rings (SSSR count). The van der Waals surface area contributed by atoms with Gasteiger partial charge in [-0.15, -0.1) is 11.3 Å². The molecule has 0 aliphatic heterocycles. The lowest BCUT2D eigenvalue weighted by Crippen LogP contribution is -2.44. The van der Waals surface area contributed by atoms with E-state index >= 15 is 0 Å². The normalized spacial score (nSPS) is 22.8. The van der Waals surface area contributed by atoms with Crippen molar-refractivity contribution < 1.29 is 5.11 Å². The molecule has 0 radical (unpaired) electrons. The Balaban J connectivity index is 1.92. The molecule has 2 atom stereocenters. The second kappa shape index (κ2) is 6.34. The van der Waals surface area contributed by atoms with E-state index in [4.69, 9.17) is 4.98 Å². The highest BCUT2D eigenvalue weighted by atomic mass is 32.1. The van der Waals surface area contributed by atoms with Gasteiger partial charge in [-0.2, -0.15) is 0 Å². The van der Waals surface area contributed by atoms with Crippen molar-refractivity contribution in [2.45, 2.75) is 51.3 Å². The Labute approximate surface area is 129 Å². The van der Waals surface area contributed by atoms with Crippen molar-refractivity contribution in [1.82, 2.24) is 14.7 Å². The van der Waals surface area contributed by atoms with Crippen molar-refractivity contribution in [2.75, 3.05) is 18.5 Å². The summed E-state index contributed by atoms with van der Waals surface area (Å²) < 4.78 is 2.16. The average molecular weight is 308 g/mol. The number of likely N-dealkylation sites (N-methyl/N-ethyl adjacent to an activating group) is 1. The van der Waals surface area contributed by atoms with E-state index in [2.05, 4.69) is 40.2 Å². The van der Waals surface area contributed by atoms with Crippen molar-refractivity contribution in [3.8, 4) is 0 Å². The molecule has 1 aliphatic rings. The van der Waals surface area contributed by atoms with Crippen LogP contribution in [0.4, 0.5) is 5.82 Å². The Hall–Kier alpha value is -1.11. The maximum atomic E-state index is 10.3. The minimum absolute atomic E-state index is 0.184. The first-order valence-electron chi connectivity index (χ1n) is 7.78. The Morgan fingerprint density at radius 3 is 3.05 bits per heavy atom. The molecule has 0 aromatic carbocycles. The number of nitrogens with zero attached hydrogens (tertiary/aromatic N) is 3. The third-order valence-corrected chi connectivity index (χ3v) is 5.16. The lowest BCUT2D eigenvalue weighted by atomic mass is 9.91. The number of aliphatic hydroxyl groups is 1. The van der Waals surface area contributed by atoms with Gasteiger partial charge < -0.3 is 15.3 Å². The van der Waals surface area contributed by atoms with Crippen molar-refractivity contribution >= 4 is 22.1 Å². The summed E-state index contributed by atoms with van der Waals surface area (Å²) in [5.74, 6) is 1.01. The van der Waals surface area contributed by atoms with Gasteiger partial charge in [-0.05, 0) is 19.4 Å². The molecule has 0 saturated heterocycles. The number of fused-ring (bicyclic) bond motifs is 1. The molecule has 2 N–H and O–H groups in total. The Morgan fingerprint density at radius 1 is 1.48 bits per heavy atom. The van der Waals surface area contributed by atoms with E-state index in [0.717, 1.165) is 43.1 Å². The van der Waals surface area contributed by atoms with Gasteiger partial charge in [0, 0.05) is 25.2 Å². The number of hydrogen-bond acceptors (Lipinski definition) is 5. The number of thiazole rings is 1. The maximum absolute atomic E-state index is 10.3. The van der Waals surface area contributed by atoms with Crippen LogP contribution in [0, 0.1) is 0 Å². The fourth-order valence-corrected chi connectivity index (χ4v) is 3.94. The first kappa shape index (κ1) is 14.8. The highest BCUT2D eigenvalue weighted by Crippen LogP contribution is 2.30. The highest BCUT2D eigenvalue weighted by molar-refractivity contribution is 7.15. The topological polar surface area (TPSA) is 52.8 Å². The Bertz CT molecular complexity index is 594. The van der Waals surface area contributed by atoms with Crippen LogP contribution < -0.4 is 10.2 Å². The zero-order valence-electron chi connectivity index (χ0n) is 12.7. The van der Waals surface area contributed by atoms with Gasteiger partial charge in [0.2, 0.25) is 0 Å². The molecule has 6 heteroatoms. The summed E-state index contributed by atoms with van der Waals surface area (Å²) in [5, 5.41) is 15.8. The summed E-state index contributed by atoms with van der Waals surface area (Å²) in [4.78, 5) is 8.01. The number of hydrogen-bond donors (Lipinski definition) is 2. The fourth-order valence-electron chi connectivity index (χ4n) is 3.21. The third kappa shape index (κ3) is 2.80. The standard InChI is InChI=1S/C15H24N4OS/c1-3-16-10-12-14(17-15-19(12)8-9-21-15)18(2)11-6-4-5-7-13(11)20/h8-9,11,13,16,20H,3-7,10H2,1-2H3. The largest absolute Gasteiger partial charge is 0.391 e. The summed E-state index contributed by atoms with van der Waals surface area (Å²) >= 11 is 1.66. The SMILES string of the molecule is CCNCc1c(N(C)C2CCCCC2O)nc2sccn12. The smallest absolute Gasteiger partial charge is 0.195 e. The number of aliphatic hydroxyl groups excluding tert-OH is 1. The minimum Gasteiger partial charge on any atom is -0.391 e. The molecule has 0 bridgehead atoms. The fraction of sp³-hybridized carbons (Fsp3) is 0.667. The second-order valence-electron chi connectivity index (χ2n) is 5.75.